The fraction of sp³-hybridized carbons (Fsp3) is 0.360. The summed E-state index contributed by atoms with van der Waals surface area (Å²) in [5.41, 5.74) is 13.2. The van der Waals surface area contributed by atoms with E-state index < -0.39 is 11.9 Å². The molecule has 2 amide bonds. The average Bonchev–Trinajstić information content (AvgIpc) is 3.10. The van der Waals surface area contributed by atoms with Gasteiger partial charge >= 0.3 is 5.97 Å². The summed E-state index contributed by atoms with van der Waals surface area (Å²) in [6, 6.07) is 16.7. The van der Waals surface area contributed by atoms with Crippen molar-refractivity contribution in [1.82, 2.24) is 10.2 Å². The molecule has 2 atom stereocenters. The second-order valence-corrected chi connectivity index (χ2v) is 8.46. The van der Waals surface area contributed by atoms with Crippen LogP contribution in [0.1, 0.15) is 40.7 Å². The van der Waals surface area contributed by atoms with Gasteiger partial charge in [-0.3, -0.25) is 14.4 Å². The van der Waals surface area contributed by atoms with Crippen LogP contribution in [0.3, 0.4) is 0 Å². The summed E-state index contributed by atoms with van der Waals surface area (Å²) in [7, 11) is 0. The predicted octanol–water partition coefficient (Wildman–Crippen LogP) is 1.51. The van der Waals surface area contributed by atoms with Crippen LogP contribution in [0.2, 0.25) is 0 Å². The molecule has 1 heterocycles. The number of hydrogen-bond acceptors (Lipinski definition) is 4. The van der Waals surface area contributed by atoms with Crippen LogP contribution in [0, 0.1) is 5.92 Å². The van der Waals surface area contributed by atoms with Crippen LogP contribution in [-0.2, 0) is 22.6 Å². The molecular formula is C25H31N5O4. The summed E-state index contributed by atoms with van der Waals surface area (Å²) >= 11 is 0. The normalized spacial score (nSPS) is 17.4. The number of aliphatic carboxylic acids is 1. The number of nitrogens with two attached hydrogens (primary N) is 2. The minimum absolute atomic E-state index is 0.0241. The molecular weight excluding hydrogens is 434 g/mol. The highest BCUT2D eigenvalue weighted by atomic mass is 16.4. The molecule has 0 unspecified atom stereocenters. The lowest BCUT2D eigenvalue weighted by atomic mass is 10.0. The molecule has 1 aliphatic rings. The van der Waals surface area contributed by atoms with Gasteiger partial charge in [-0.15, -0.1) is 0 Å². The van der Waals surface area contributed by atoms with Gasteiger partial charge in [-0.05, 0) is 42.5 Å². The predicted molar refractivity (Wildman–Crippen MR) is 129 cm³/mol. The Morgan fingerprint density at radius 1 is 1.09 bits per heavy atom. The summed E-state index contributed by atoms with van der Waals surface area (Å²) in [4.78, 5) is 42.5. The number of nitrogens with one attached hydrogen (secondary N) is 1. The average molecular weight is 466 g/mol. The molecule has 1 aliphatic heterocycles. The monoisotopic (exact) mass is 465 g/mol. The van der Waals surface area contributed by atoms with Gasteiger partial charge in [-0.25, -0.2) is 4.99 Å². The molecule has 0 bridgehead atoms. The molecule has 1 fully saturated rings. The Labute approximate surface area is 198 Å². The Morgan fingerprint density at radius 2 is 1.82 bits per heavy atom. The lowest BCUT2D eigenvalue weighted by Crippen LogP contribution is -2.42. The Bertz CT molecular complexity index is 1040. The Hall–Kier alpha value is -3.88. The van der Waals surface area contributed by atoms with Crippen molar-refractivity contribution in [1.29, 1.82) is 0 Å². The Kier molecular flexibility index (Phi) is 8.61. The molecule has 2 aromatic rings. The highest BCUT2D eigenvalue weighted by molar-refractivity contribution is 5.94. The minimum atomic E-state index is -0.995. The third-order valence-electron chi connectivity index (χ3n) is 5.89. The molecule has 180 valence electrons. The van der Waals surface area contributed by atoms with E-state index in [1.54, 1.807) is 23.1 Å². The Balaban J connectivity index is 1.62. The van der Waals surface area contributed by atoms with Gasteiger partial charge in [0.15, 0.2) is 5.96 Å². The van der Waals surface area contributed by atoms with Crippen molar-refractivity contribution in [3.8, 4) is 0 Å². The molecule has 1 saturated heterocycles. The van der Waals surface area contributed by atoms with Crippen LogP contribution in [-0.4, -0.2) is 52.9 Å². The summed E-state index contributed by atoms with van der Waals surface area (Å²) in [5.74, 6) is -2.02. The zero-order valence-corrected chi connectivity index (χ0v) is 19.0. The molecule has 9 nitrogen and oxygen atoms in total. The lowest BCUT2D eigenvalue weighted by Gasteiger charge is -2.25. The lowest BCUT2D eigenvalue weighted by molar-refractivity contribution is -0.142. The van der Waals surface area contributed by atoms with Gasteiger partial charge in [-0.1, -0.05) is 42.5 Å². The molecule has 3 rings (SSSR count). The maximum absolute atomic E-state index is 12.9. The number of carboxylic acid groups (broad SMARTS) is 1. The largest absolute Gasteiger partial charge is 0.481 e. The van der Waals surface area contributed by atoms with Gasteiger partial charge in [0.25, 0.3) is 5.91 Å². The standard InChI is InChI=1S/C25H31N5O4/c26-25(27)29-15-18-8-4-10-19(12-18)23(33)28-16-21-13-20(14-22(31)32)24(34)30(21)11-5-9-17-6-2-1-3-7-17/h1-4,6-8,10,12,20-21H,5,9,11,13-16H2,(H,28,33)(H,31,32)(H4,26,27,29)/t20-,21-/m0/s1. The number of nitrogens with zero attached hydrogens (tertiary/aromatic N) is 2. The number of rotatable bonds is 11. The molecule has 0 saturated carbocycles. The highest BCUT2D eigenvalue weighted by Gasteiger charge is 2.40. The number of amides is 2. The van der Waals surface area contributed by atoms with E-state index in [0.717, 1.165) is 18.4 Å². The highest BCUT2D eigenvalue weighted by Crippen LogP contribution is 2.27. The van der Waals surface area contributed by atoms with E-state index in [1.807, 2.05) is 36.4 Å². The zero-order chi connectivity index (χ0) is 24.5. The number of carbonyl (C=O) groups excluding carboxylic acids is 2. The quantitative estimate of drug-likeness (QED) is 0.292. The van der Waals surface area contributed by atoms with Crippen LogP contribution in [0.5, 0.6) is 0 Å². The van der Waals surface area contributed by atoms with Crippen molar-refractivity contribution in [3.05, 3.63) is 71.3 Å². The van der Waals surface area contributed by atoms with E-state index >= 15 is 0 Å². The number of carboxylic acids is 1. The number of carbonyl (C=O) groups is 3. The van der Waals surface area contributed by atoms with Crippen LogP contribution in [0.4, 0.5) is 0 Å². The summed E-state index contributed by atoms with van der Waals surface area (Å²) in [5, 5.41) is 12.1. The van der Waals surface area contributed by atoms with Gasteiger partial charge in [0.2, 0.25) is 5.91 Å². The number of aryl methyl sites for hydroxylation is 1. The summed E-state index contributed by atoms with van der Waals surface area (Å²) < 4.78 is 0. The first kappa shape index (κ1) is 24.8. The van der Waals surface area contributed by atoms with Crippen molar-refractivity contribution in [2.75, 3.05) is 13.1 Å². The van der Waals surface area contributed by atoms with E-state index in [4.69, 9.17) is 11.5 Å². The first-order chi connectivity index (χ1) is 16.3. The van der Waals surface area contributed by atoms with Gasteiger partial charge in [0, 0.05) is 24.7 Å². The van der Waals surface area contributed by atoms with E-state index in [1.165, 1.54) is 5.56 Å². The molecule has 34 heavy (non-hydrogen) atoms. The first-order valence-electron chi connectivity index (χ1n) is 11.3. The van der Waals surface area contributed by atoms with Gasteiger partial charge < -0.3 is 26.8 Å². The summed E-state index contributed by atoms with van der Waals surface area (Å²) in [6.07, 6.45) is 1.77. The van der Waals surface area contributed by atoms with E-state index in [2.05, 4.69) is 10.3 Å². The fourth-order valence-corrected chi connectivity index (χ4v) is 4.24. The number of benzene rings is 2. The van der Waals surface area contributed by atoms with Crippen molar-refractivity contribution >= 4 is 23.7 Å². The second kappa shape index (κ2) is 11.8. The molecule has 0 aliphatic carbocycles. The van der Waals surface area contributed by atoms with E-state index in [-0.39, 0.29) is 43.3 Å². The molecule has 9 heteroatoms. The van der Waals surface area contributed by atoms with E-state index in [9.17, 15) is 19.5 Å². The van der Waals surface area contributed by atoms with Gasteiger partial charge in [0.05, 0.1) is 18.9 Å². The maximum atomic E-state index is 12.9. The zero-order valence-electron chi connectivity index (χ0n) is 19.0. The molecule has 2 aromatic carbocycles. The third kappa shape index (κ3) is 7.06. The van der Waals surface area contributed by atoms with Crippen LogP contribution < -0.4 is 16.8 Å². The van der Waals surface area contributed by atoms with Gasteiger partial charge in [0.1, 0.15) is 0 Å². The fourth-order valence-electron chi connectivity index (χ4n) is 4.24. The van der Waals surface area contributed by atoms with Crippen LogP contribution >= 0.6 is 0 Å². The topological polar surface area (TPSA) is 151 Å². The maximum Gasteiger partial charge on any atom is 0.304 e. The number of aliphatic imine (C=N–C) groups is 1. The van der Waals surface area contributed by atoms with Crippen LogP contribution in [0.15, 0.2) is 59.6 Å². The van der Waals surface area contributed by atoms with Crippen molar-refractivity contribution < 1.29 is 19.5 Å². The molecule has 6 N–H and O–H groups in total. The Morgan fingerprint density at radius 3 is 2.53 bits per heavy atom. The van der Waals surface area contributed by atoms with Crippen molar-refractivity contribution in [2.24, 2.45) is 22.4 Å². The molecule has 0 aromatic heterocycles. The number of likely N-dealkylation sites (tertiary alicyclic amines) is 1. The first-order valence-corrected chi connectivity index (χ1v) is 11.3. The number of hydrogen-bond donors (Lipinski definition) is 4. The van der Waals surface area contributed by atoms with Gasteiger partial charge in [-0.2, -0.15) is 0 Å². The molecule has 0 spiro atoms. The van der Waals surface area contributed by atoms with Crippen molar-refractivity contribution in [3.63, 3.8) is 0 Å². The minimum Gasteiger partial charge on any atom is -0.481 e. The number of guanidine groups is 1. The van der Waals surface area contributed by atoms with Crippen molar-refractivity contribution in [2.45, 2.75) is 38.3 Å². The second-order valence-electron chi connectivity index (χ2n) is 8.46. The third-order valence-corrected chi connectivity index (χ3v) is 5.89. The smallest absolute Gasteiger partial charge is 0.304 e. The molecule has 0 radical (unpaired) electrons. The van der Waals surface area contributed by atoms with Crippen LogP contribution in [0.25, 0.3) is 0 Å². The van der Waals surface area contributed by atoms with E-state index in [0.29, 0.717) is 18.5 Å². The summed E-state index contributed by atoms with van der Waals surface area (Å²) in [6.45, 7) is 1.04. The SMILES string of the molecule is NC(N)=NCc1cccc(C(=O)NC[C@@H]2C[C@@H](CC(=O)O)C(=O)N2CCCc2ccccc2)c1.